The molecule has 0 saturated heterocycles. The van der Waals surface area contributed by atoms with Gasteiger partial charge in [-0.25, -0.2) is 4.98 Å². The summed E-state index contributed by atoms with van der Waals surface area (Å²) in [4.78, 5) is 19.0. The van der Waals surface area contributed by atoms with Crippen LogP contribution >= 0.6 is 0 Å². The van der Waals surface area contributed by atoms with E-state index in [-0.39, 0.29) is 11.9 Å². The van der Waals surface area contributed by atoms with Gasteiger partial charge in [0.2, 0.25) is 11.9 Å². The molecule has 1 aromatic heterocycles. The van der Waals surface area contributed by atoms with Crippen LogP contribution in [0, 0.1) is 0 Å². The standard InChI is InChI=1S/C17H27N5O/c1-4-21(5-2)10-11-22-15-9-7-6-8-14(15)19-17(22)20-16(23)12-13(3)18/h6-9,13H,4-5,10-12,18H2,1-3H3,(H,19,20,23). The van der Waals surface area contributed by atoms with Gasteiger partial charge in [0.1, 0.15) is 0 Å². The summed E-state index contributed by atoms with van der Waals surface area (Å²) in [7, 11) is 0. The molecule has 1 aromatic carbocycles. The fourth-order valence-electron chi connectivity index (χ4n) is 2.65. The first kappa shape index (κ1) is 17.4. The molecule has 1 heterocycles. The number of nitrogens with two attached hydrogens (primary N) is 1. The maximum Gasteiger partial charge on any atom is 0.228 e. The van der Waals surface area contributed by atoms with E-state index < -0.39 is 0 Å². The second kappa shape index (κ2) is 8.08. The summed E-state index contributed by atoms with van der Waals surface area (Å²) in [5.41, 5.74) is 7.63. The van der Waals surface area contributed by atoms with Crippen molar-refractivity contribution in [3.63, 3.8) is 0 Å². The lowest BCUT2D eigenvalue weighted by molar-refractivity contribution is -0.116. The SMILES string of the molecule is CCN(CC)CCn1c(NC(=O)CC(C)N)nc2ccccc21. The van der Waals surface area contributed by atoms with Gasteiger partial charge in [0.15, 0.2) is 0 Å². The summed E-state index contributed by atoms with van der Waals surface area (Å²) >= 11 is 0. The predicted octanol–water partition coefficient (Wildman–Crippen LogP) is 2.05. The zero-order valence-corrected chi connectivity index (χ0v) is 14.2. The zero-order valence-electron chi connectivity index (χ0n) is 14.2. The largest absolute Gasteiger partial charge is 0.327 e. The van der Waals surface area contributed by atoms with Crippen molar-refractivity contribution in [2.45, 2.75) is 39.8 Å². The van der Waals surface area contributed by atoms with Gasteiger partial charge in [0.05, 0.1) is 11.0 Å². The Labute approximate surface area is 137 Å². The lowest BCUT2D eigenvalue weighted by Gasteiger charge is -2.19. The van der Waals surface area contributed by atoms with Crippen LogP contribution in [0.15, 0.2) is 24.3 Å². The number of anilines is 1. The molecule has 0 fully saturated rings. The molecule has 0 aliphatic rings. The fraction of sp³-hybridized carbons (Fsp3) is 0.529. The van der Waals surface area contributed by atoms with Gasteiger partial charge in [0, 0.05) is 25.6 Å². The lowest BCUT2D eigenvalue weighted by Crippen LogP contribution is -2.28. The Balaban J connectivity index is 2.24. The van der Waals surface area contributed by atoms with E-state index in [2.05, 4.69) is 33.6 Å². The van der Waals surface area contributed by atoms with Gasteiger partial charge in [-0.2, -0.15) is 0 Å². The molecule has 6 heteroatoms. The second-order valence-corrected chi connectivity index (χ2v) is 5.83. The van der Waals surface area contributed by atoms with Crippen LogP contribution in [0.2, 0.25) is 0 Å². The molecule has 2 aromatic rings. The number of likely N-dealkylation sites (N-methyl/N-ethyl adjacent to an activating group) is 1. The molecule has 1 unspecified atom stereocenters. The number of hydrogen-bond acceptors (Lipinski definition) is 4. The predicted molar refractivity (Wildman–Crippen MR) is 94.4 cm³/mol. The fourth-order valence-corrected chi connectivity index (χ4v) is 2.65. The van der Waals surface area contributed by atoms with Crippen LogP contribution in [0.5, 0.6) is 0 Å². The summed E-state index contributed by atoms with van der Waals surface area (Å²) in [6, 6.07) is 7.78. The van der Waals surface area contributed by atoms with E-state index >= 15 is 0 Å². The van der Waals surface area contributed by atoms with E-state index in [0.29, 0.717) is 12.4 Å². The van der Waals surface area contributed by atoms with E-state index in [1.54, 1.807) is 0 Å². The Morgan fingerprint density at radius 3 is 2.70 bits per heavy atom. The minimum absolute atomic E-state index is 0.0978. The van der Waals surface area contributed by atoms with Crippen LogP contribution in [0.4, 0.5) is 5.95 Å². The molecule has 0 spiro atoms. The number of imidazole rings is 1. The van der Waals surface area contributed by atoms with Crippen molar-refractivity contribution in [2.24, 2.45) is 5.73 Å². The van der Waals surface area contributed by atoms with Gasteiger partial charge in [-0.1, -0.05) is 26.0 Å². The number of amides is 1. The molecule has 3 N–H and O–H groups in total. The monoisotopic (exact) mass is 317 g/mol. The minimum Gasteiger partial charge on any atom is -0.327 e. The number of benzene rings is 1. The number of nitrogens with zero attached hydrogens (tertiary/aromatic N) is 3. The zero-order chi connectivity index (χ0) is 16.8. The molecule has 0 radical (unpaired) electrons. The van der Waals surface area contributed by atoms with Crippen molar-refractivity contribution in [2.75, 3.05) is 25.0 Å². The smallest absolute Gasteiger partial charge is 0.228 e. The Morgan fingerprint density at radius 2 is 2.04 bits per heavy atom. The van der Waals surface area contributed by atoms with Crippen molar-refractivity contribution in [1.29, 1.82) is 0 Å². The highest BCUT2D eigenvalue weighted by atomic mass is 16.1. The maximum atomic E-state index is 12.0. The van der Waals surface area contributed by atoms with Gasteiger partial charge >= 0.3 is 0 Å². The first-order valence-electron chi connectivity index (χ1n) is 8.28. The number of rotatable bonds is 8. The lowest BCUT2D eigenvalue weighted by atomic mass is 10.2. The quantitative estimate of drug-likeness (QED) is 0.781. The molecule has 126 valence electrons. The van der Waals surface area contributed by atoms with E-state index in [4.69, 9.17) is 5.73 Å². The molecule has 2 rings (SSSR count). The normalized spacial score (nSPS) is 12.7. The molecule has 6 nitrogen and oxygen atoms in total. The molecule has 0 bridgehead atoms. The maximum absolute atomic E-state index is 12.0. The third-order valence-corrected chi connectivity index (χ3v) is 3.95. The number of fused-ring (bicyclic) bond motifs is 1. The van der Waals surface area contributed by atoms with Crippen molar-refractivity contribution >= 4 is 22.9 Å². The van der Waals surface area contributed by atoms with Crippen molar-refractivity contribution in [1.82, 2.24) is 14.5 Å². The summed E-state index contributed by atoms with van der Waals surface area (Å²) in [5.74, 6) is 0.503. The number of hydrogen-bond donors (Lipinski definition) is 2. The third-order valence-electron chi connectivity index (χ3n) is 3.95. The summed E-state index contributed by atoms with van der Waals surface area (Å²) in [6.07, 6.45) is 0.291. The molecule has 23 heavy (non-hydrogen) atoms. The molecule has 0 aliphatic carbocycles. The molecule has 0 saturated carbocycles. The van der Waals surface area contributed by atoms with E-state index in [9.17, 15) is 4.79 Å². The Morgan fingerprint density at radius 1 is 1.35 bits per heavy atom. The molecular weight excluding hydrogens is 290 g/mol. The number of aromatic nitrogens is 2. The van der Waals surface area contributed by atoms with Crippen LogP contribution < -0.4 is 11.1 Å². The molecule has 1 amide bonds. The molecule has 0 aliphatic heterocycles. The average molecular weight is 317 g/mol. The van der Waals surface area contributed by atoms with Crippen LogP contribution in [-0.2, 0) is 11.3 Å². The van der Waals surface area contributed by atoms with Crippen molar-refractivity contribution < 1.29 is 4.79 Å². The van der Waals surface area contributed by atoms with Crippen LogP contribution in [0.1, 0.15) is 27.2 Å². The Bertz CT molecular complexity index is 645. The highest BCUT2D eigenvalue weighted by Crippen LogP contribution is 2.19. The van der Waals surface area contributed by atoms with Crippen LogP contribution in [0.3, 0.4) is 0 Å². The van der Waals surface area contributed by atoms with Gasteiger partial charge in [-0.05, 0) is 32.1 Å². The third kappa shape index (κ3) is 4.53. The van der Waals surface area contributed by atoms with E-state index in [1.165, 1.54) is 0 Å². The first-order valence-corrected chi connectivity index (χ1v) is 8.28. The number of nitrogens with one attached hydrogen (secondary N) is 1. The van der Waals surface area contributed by atoms with Gasteiger partial charge in [0.25, 0.3) is 0 Å². The summed E-state index contributed by atoms with van der Waals surface area (Å²) < 4.78 is 2.08. The first-order chi connectivity index (χ1) is 11.0. The Kier molecular flexibility index (Phi) is 6.12. The molecule has 1 atom stereocenters. The minimum atomic E-state index is -0.163. The van der Waals surface area contributed by atoms with Crippen molar-refractivity contribution in [3.8, 4) is 0 Å². The van der Waals surface area contributed by atoms with Crippen LogP contribution in [0.25, 0.3) is 11.0 Å². The highest BCUT2D eigenvalue weighted by molar-refractivity contribution is 5.91. The van der Waals surface area contributed by atoms with Gasteiger partial charge in [-0.3, -0.25) is 10.1 Å². The number of carbonyl (C=O) groups is 1. The number of carbonyl (C=O) groups excluding carboxylic acids is 1. The van der Waals surface area contributed by atoms with Crippen molar-refractivity contribution in [3.05, 3.63) is 24.3 Å². The summed E-state index contributed by atoms with van der Waals surface area (Å²) in [5, 5.41) is 2.91. The van der Waals surface area contributed by atoms with Crippen LogP contribution in [-0.4, -0.2) is 46.0 Å². The van der Waals surface area contributed by atoms with Gasteiger partial charge < -0.3 is 15.2 Å². The van der Waals surface area contributed by atoms with E-state index in [0.717, 1.165) is 37.2 Å². The summed E-state index contributed by atoms with van der Waals surface area (Å²) in [6.45, 7) is 9.86. The molecular formula is C17H27N5O. The number of para-hydroxylation sites is 2. The second-order valence-electron chi connectivity index (χ2n) is 5.83. The highest BCUT2D eigenvalue weighted by Gasteiger charge is 2.14. The average Bonchev–Trinajstić information content (AvgIpc) is 2.85. The topological polar surface area (TPSA) is 76.2 Å². The van der Waals surface area contributed by atoms with E-state index in [1.807, 2.05) is 31.2 Å². The van der Waals surface area contributed by atoms with Gasteiger partial charge in [-0.15, -0.1) is 0 Å². The Hall–Kier alpha value is -1.92.